The van der Waals surface area contributed by atoms with Gasteiger partial charge in [-0.15, -0.1) is 0 Å². The fourth-order valence-corrected chi connectivity index (χ4v) is 6.61. The van der Waals surface area contributed by atoms with Crippen LogP contribution >= 0.6 is 0 Å². The van der Waals surface area contributed by atoms with Gasteiger partial charge in [-0.1, -0.05) is 39.0 Å². The largest absolute Gasteiger partial charge is 0.458 e. The molecular weight excluding hydrogens is 364 g/mol. The third-order valence-electron chi connectivity index (χ3n) is 8.30. The third kappa shape index (κ3) is 3.11. The topological polar surface area (TPSA) is 59.7 Å². The lowest BCUT2D eigenvalue weighted by atomic mass is 9.44. The van der Waals surface area contributed by atoms with Gasteiger partial charge in [-0.05, 0) is 68.8 Å². The average molecular weight is 399 g/mol. The van der Waals surface area contributed by atoms with E-state index in [-0.39, 0.29) is 33.9 Å². The van der Waals surface area contributed by atoms with Crippen molar-refractivity contribution in [3.63, 3.8) is 0 Å². The van der Waals surface area contributed by atoms with Crippen molar-refractivity contribution in [2.24, 2.45) is 22.7 Å². The van der Waals surface area contributed by atoms with Gasteiger partial charge in [0.15, 0.2) is 5.43 Å². The molecule has 2 heterocycles. The van der Waals surface area contributed by atoms with Gasteiger partial charge in [-0.2, -0.15) is 0 Å². The van der Waals surface area contributed by atoms with Crippen molar-refractivity contribution in [1.82, 2.24) is 0 Å². The quantitative estimate of drug-likeness (QED) is 0.701. The summed E-state index contributed by atoms with van der Waals surface area (Å²) < 4.78 is 12.5. The second-order valence-corrected chi connectivity index (χ2v) is 10.3. The molecule has 0 radical (unpaired) electrons. The SMILES string of the molecule is C/C=C/C=C/c1cc(=O)c2c(o1)O[C@]1(C)CC[C@H]3C(C)(C)C(O)CC[C@]3(C)[C@H]1C2. The summed E-state index contributed by atoms with van der Waals surface area (Å²) >= 11 is 0. The van der Waals surface area contributed by atoms with Crippen LogP contribution in [-0.2, 0) is 6.42 Å². The Bertz CT molecular complexity index is 908. The van der Waals surface area contributed by atoms with E-state index in [4.69, 9.17) is 9.15 Å². The lowest BCUT2D eigenvalue weighted by Gasteiger charge is -2.63. The zero-order valence-electron chi connectivity index (χ0n) is 18.3. The predicted molar refractivity (Wildman–Crippen MR) is 115 cm³/mol. The van der Waals surface area contributed by atoms with Crippen molar-refractivity contribution in [3.05, 3.63) is 45.8 Å². The first-order valence-electron chi connectivity index (χ1n) is 11.0. The van der Waals surface area contributed by atoms with Crippen LogP contribution in [0.15, 0.2) is 33.5 Å². The van der Waals surface area contributed by atoms with Crippen molar-refractivity contribution in [2.45, 2.75) is 78.4 Å². The monoisotopic (exact) mass is 398 g/mol. The molecular formula is C25H34O4. The minimum atomic E-state index is -0.349. The highest BCUT2D eigenvalue weighted by molar-refractivity contribution is 5.47. The van der Waals surface area contributed by atoms with Crippen LogP contribution in [0.1, 0.15) is 71.6 Å². The molecule has 158 valence electrons. The molecule has 1 N–H and O–H groups in total. The highest BCUT2D eigenvalue weighted by atomic mass is 16.6. The molecule has 4 rings (SSSR count). The van der Waals surface area contributed by atoms with Crippen molar-refractivity contribution in [1.29, 1.82) is 0 Å². The molecule has 29 heavy (non-hydrogen) atoms. The van der Waals surface area contributed by atoms with Gasteiger partial charge >= 0.3 is 0 Å². The van der Waals surface area contributed by atoms with Gasteiger partial charge in [0.25, 0.3) is 5.95 Å². The predicted octanol–water partition coefficient (Wildman–Crippen LogP) is 5.14. The molecule has 2 aliphatic carbocycles. The maximum absolute atomic E-state index is 12.9. The molecule has 1 aromatic heterocycles. The number of hydrogen-bond acceptors (Lipinski definition) is 4. The molecule has 1 aromatic rings. The lowest BCUT2D eigenvalue weighted by molar-refractivity contribution is -0.195. The third-order valence-corrected chi connectivity index (χ3v) is 8.30. The highest BCUT2D eigenvalue weighted by Crippen LogP contribution is 2.64. The Hall–Kier alpha value is -1.81. The summed E-state index contributed by atoms with van der Waals surface area (Å²) in [5.41, 5.74) is 0.222. The summed E-state index contributed by atoms with van der Waals surface area (Å²) in [4.78, 5) is 12.9. The molecule has 0 bridgehead atoms. The van der Waals surface area contributed by atoms with E-state index in [0.29, 0.717) is 29.6 Å². The first kappa shape index (κ1) is 20.5. The molecule has 1 aliphatic heterocycles. The van der Waals surface area contributed by atoms with Crippen LogP contribution in [0.25, 0.3) is 6.08 Å². The minimum absolute atomic E-state index is 0.00532. The summed E-state index contributed by atoms with van der Waals surface area (Å²) in [6.07, 6.45) is 11.6. The van der Waals surface area contributed by atoms with E-state index in [9.17, 15) is 9.90 Å². The van der Waals surface area contributed by atoms with E-state index >= 15 is 0 Å². The number of aliphatic hydroxyl groups is 1. The Morgan fingerprint density at radius 1 is 1.10 bits per heavy atom. The molecule has 4 heteroatoms. The summed E-state index contributed by atoms with van der Waals surface area (Å²) in [6, 6.07) is 1.57. The summed E-state index contributed by atoms with van der Waals surface area (Å²) in [6.45, 7) is 10.9. The summed E-state index contributed by atoms with van der Waals surface area (Å²) in [5.74, 6) is 1.57. The van der Waals surface area contributed by atoms with E-state index in [0.717, 1.165) is 25.7 Å². The number of allylic oxidation sites excluding steroid dienone is 3. The maximum atomic E-state index is 12.9. The second kappa shape index (κ2) is 6.87. The van der Waals surface area contributed by atoms with Gasteiger partial charge in [0.2, 0.25) is 0 Å². The van der Waals surface area contributed by atoms with E-state index in [2.05, 4.69) is 27.7 Å². The first-order chi connectivity index (χ1) is 13.6. The molecule has 2 saturated carbocycles. The van der Waals surface area contributed by atoms with Crippen LogP contribution in [0.5, 0.6) is 5.95 Å². The van der Waals surface area contributed by atoms with E-state index in [1.54, 1.807) is 12.1 Å². The maximum Gasteiger partial charge on any atom is 0.292 e. The normalized spacial score (nSPS) is 38.3. The van der Waals surface area contributed by atoms with Gasteiger partial charge in [0.1, 0.15) is 11.4 Å². The first-order valence-corrected chi connectivity index (χ1v) is 11.0. The molecule has 4 nitrogen and oxygen atoms in total. The highest BCUT2D eigenvalue weighted by Gasteiger charge is 2.62. The molecule has 0 spiro atoms. The van der Waals surface area contributed by atoms with Gasteiger partial charge in [0.05, 0.1) is 11.7 Å². The van der Waals surface area contributed by atoms with Gasteiger partial charge in [0, 0.05) is 12.0 Å². The Kier molecular flexibility index (Phi) is 4.85. The number of hydrogen-bond donors (Lipinski definition) is 1. The zero-order chi connectivity index (χ0) is 21.0. The van der Waals surface area contributed by atoms with Crippen molar-refractivity contribution < 1.29 is 14.3 Å². The van der Waals surface area contributed by atoms with Crippen LogP contribution in [-0.4, -0.2) is 16.8 Å². The van der Waals surface area contributed by atoms with Gasteiger partial charge < -0.3 is 14.3 Å². The number of ether oxygens (including phenoxy) is 1. The standard InChI is InChI=1S/C25H34O4/c1-6-7-8-9-16-14-18(26)17-15-20-24(4)12-11-21(27)23(2,3)19(24)10-13-25(20,5)29-22(17)28-16/h6-9,14,19-21,27H,10-13,15H2,1-5H3/b7-6+,9-8+/t19-,20+,21?,24-,25+/m0/s1. The number of fused-ring (bicyclic) bond motifs is 4. The Balaban J connectivity index is 1.74. The van der Waals surface area contributed by atoms with Gasteiger partial charge in [-0.3, -0.25) is 4.79 Å². The average Bonchev–Trinajstić information content (AvgIpc) is 2.64. The van der Waals surface area contributed by atoms with Gasteiger partial charge in [-0.25, -0.2) is 0 Å². The summed E-state index contributed by atoms with van der Waals surface area (Å²) in [5, 5.41) is 10.7. The van der Waals surface area contributed by atoms with E-state index < -0.39 is 0 Å². The van der Waals surface area contributed by atoms with E-state index in [1.165, 1.54) is 0 Å². The fraction of sp³-hybridized carbons (Fsp3) is 0.640. The van der Waals surface area contributed by atoms with Crippen LogP contribution < -0.4 is 10.2 Å². The van der Waals surface area contributed by atoms with Crippen LogP contribution in [0.2, 0.25) is 0 Å². The Morgan fingerprint density at radius 2 is 1.86 bits per heavy atom. The molecule has 5 atom stereocenters. The van der Waals surface area contributed by atoms with Crippen LogP contribution in [0.3, 0.4) is 0 Å². The second-order valence-electron chi connectivity index (χ2n) is 10.3. The van der Waals surface area contributed by atoms with Crippen molar-refractivity contribution in [3.8, 4) is 5.95 Å². The zero-order valence-corrected chi connectivity index (χ0v) is 18.3. The molecule has 0 saturated heterocycles. The van der Waals surface area contributed by atoms with E-state index in [1.807, 2.05) is 25.2 Å². The van der Waals surface area contributed by atoms with Crippen LogP contribution in [0, 0.1) is 22.7 Å². The minimum Gasteiger partial charge on any atom is -0.458 e. The van der Waals surface area contributed by atoms with Crippen LogP contribution in [0.4, 0.5) is 0 Å². The molecule has 3 aliphatic rings. The number of rotatable bonds is 2. The number of aliphatic hydroxyl groups excluding tert-OH is 1. The molecule has 0 amide bonds. The molecule has 1 unspecified atom stereocenters. The fourth-order valence-electron chi connectivity index (χ4n) is 6.61. The van der Waals surface area contributed by atoms with Crippen molar-refractivity contribution >= 4 is 6.08 Å². The smallest absolute Gasteiger partial charge is 0.292 e. The lowest BCUT2D eigenvalue weighted by Crippen LogP contribution is -2.63. The molecule has 2 fully saturated rings. The Labute approximate surface area is 173 Å². The van der Waals surface area contributed by atoms with Crippen molar-refractivity contribution in [2.75, 3.05) is 0 Å². The molecule has 0 aromatic carbocycles. The Morgan fingerprint density at radius 3 is 2.59 bits per heavy atom. The summed E-state index contributed by atoms with van der Waals surface area (Å²) in [7, 11) is 0.